The van der Waals surface area contributed by atoms with E-state index in [0.29, 0.717) is 18.0 Å². The fourth-order valence-electron chi connectivity index (χ4n) is 2.53. The standard InChI is InChI=1S/C18H20N4O2/c1-12(2)17-16(19-11-24-17)18(23)22(3)10-14-9-15(21-20-14)13-7-5-4-6-8-13/h4-9,11-12H,10H2,1-3H3,(H,20,21). The quantitative estimate of drug-likeness (QED) is 0.780. The molecule has 0 saturated carbocycles. The van der Waals surface area contributed by atoms with Crippen molar-refractivity contribution < 1.29 is 9.21 Å². The highest BCUT2D eigenvalue weighted by atomic mass is 16.3. The van der Waals surface area contributed by atoms with Crippen molar-refractivity contribution in [3.8, 4) is 11.3 Å². The van der Waals surface area contributed by atoms with Gasteiger partial charge in [0, 0.05) is 18.5 Å². The molecule has 3 rings (SSSR count). The monoisotopic (exact) mass is 324 g/mol. The fourth-order valence-corrected chi connectivity index (χ4v) is 2.53. The molecule has 0 bridgehead atoms. The van der Waals surface area contributed by atoms with Crippen LogP contribution in [0.1, 0.15) is 41.7 Å². The van der Waals surface area contributed by atoms with Gasteiger partial charge in [0.15, 0.2) is 12.1 Å². The lowest BCUT2D eigenvalue weighted by Gasteiger charge is -2.15. The van der Waals surface area contributed by atoms with Gasteiger partial charge in [0.05, 0.1) is 17.9 Å². The third-order valence-corrected chi connectivity index (χ3v) is 3.78. The van der Waals surface area contributed by atoms with Crippen molar-refractivity contribution in [2.45, 2.75) is 26.3 Å². The number of rotatable bonds is 5. The van der Waals surface area contributed by atoms with E-state index in [9.17, 15) is 4.79 Å². The lowest BCUT2D eigenvalue weighted by Crippen LogP contribution is -2.27. The number of carbonyl (C=O) groups is 1. The van der Waals surface area contributed by atoms with Crippen LogP contribution >= 0.6 is 0 Å². The molecule has 6 heteroatoms. The Balaban J connectivity index is 1.73. The molecular weight excluding hydrogens is 304 g/mol. The summed E-state index contributed by atoms with van der Waals surface area (Å²) in [5.41, 5.74) is 3.12. The molecule has 3 aromatic rings. The average Bonchev–Trinajstić information content (AvgIpc) is 3.24. The molecule has 24 heavy (non-hydrogen) atoms. The van der Waals surface area contributed by atoms with Crippen LogP contribution in [0.4, 0.5) is 0 Å². The lowest BCUT2D eigenvalue weighted by molar-refractivity contribution is 0.0775. The van der Waals surface area contributed by atoms with Crippen LogP contribution in [0.3, 0.4) is 0 Å². The molecule has 0 aliphatic carbocycles. The highest BCUT2D eigenvalue weighted by Crippen LogP contribution is 2.21. The molecular formula is C18H20N4O2. The fraction of sp³-hybridized carbons (Fsp3) is 0.278. The van der Waals surface area contributed by atoms with Crippen LogP contribution in [0.2, 0.25) is 0 Å². The number of amides is 1. The van der Waals surface area contributed by atoms with Crippen LogP contribution in [-0.2, 0) is 6.54 Å². The van der Waals surface area contributed by atoms with Crippen molar-refractivity contribution in [1.82, 2.24) is 20.1 Å². The van der Waals surface area contributed by atoms with E-state index in [0.717, 1.165) is 17.0 Å². The summed E-state index contributed by atoms with van der Waals surface area (Å²) in [5, 5.41) is 7.30. The summed E-state index contributed by atoms with van der Waals surface area (Å²) < 4.78 is 5.33. The molecule has 0 fully saturated rings. The minimum absolute atomic E-state index is 0.108. The Morgan fingerprint density at radius 1 is 1.29 bits per heavy atom. The van der Waals surface area contributed by atoms with E-state index in [4.69, 9.17) is 4.42 Å². The number of nitrogens with zero attached hydrogens (tertiary/aromatic N) is 3. The first-order valence-corrected chi connectivity index (χ1v) is 7.84. The lowest BCUT2D eigenvalue weighted by atomic mass is 10.1. The van der Waals surface area contributed by atoms with Gasteiger partial charge in [-0.25, -0.2) is 4.98 Å². The number of nitrogens with one attached hydrogen (secondary N) is 1. The number of hydrogen-bond acceptors (Lipinski definition) is 4. The van der Waals surface area contributed by atoms with E-state index >= 15 is 0 Å². The Morgan fingerprint density at radius 3 is 2.75 bits per heavy atom. The van der Waals surface area contributed by atoms with Gasteiger partial charge in [0.25, 0.3) is 5.91 Å². The van der Waals surface area contributed by atoms with E-state index < -0.39 is 0 Å². The highest BCUT2D eigenvalue weighted by molar-refractivity contribution is 5.93. The molecule has 1 N–H and O–H groups in total. The molecule has 0 radical (unpaired) electrons. The smallest absolute Gasteiger partial charge is 0.276 e. The highest BCUT2D eigenvalue weighted by Gasteiger charge is 2.22. The Hall–Kier alpha value is -2.89. The first-order chi connectivity index (χ1) is 11.6. The molecule has 2 aromatic heterocycles. The van der Waals surface area contributed by atoms with Crippen LogP contribution < -0.4 is 0 Å². The van der Waals surface area contributed by atoms with Gasteiger partial charge in [-0.2, -0.15) is 5.10 Å². The second-order valence-electron chi connectivity index (χ2n) is 6.03. The second kappa shape index (κ2) is 6.70. The summed E-state index contributed by atoms with van der Waals surface area (Å²) in [7, 11) is 1.74. The zero-order valence-corrected chi connectivity index (χ0v) is 14.0. The van der Waals surface area contributed by atoms with Crippen LogP contribution in [-0.4, -0.2) is 33.0 Å². The average molecular weight is 324 g/mol. The SMILES string of the molecule is CC(C)c1ocnc1C(=O)N(C)Cc1cc(-c2ccccc2)n[nH]1. The van der Waals surface area contributed by atoms with E-state index in [1.54, 1.807) is 11.9 Å². The van der Waals surface area contributed by atoms with Gasteiger partial charge in [-0.1, -0.05) is 44.2 Å². The van der Waals surface area contributed by atoms with Gasteiger partial charge in [0.1, 0.15) is 5.76 Å². The van der Waals surface area contributed by atoms with E-state index in [2.05, 4.69) is 15.2 Å². The van der Waals surface area contributed by atoms with Crippen LogP contribution in [0.5, 0.6) is 0 Å². The Morgan fingerprint density at radius 2 is 2.04 bits per heavy atom. The summed E-state index contributed by atoms with van der Waals surface area (Å²) in [6, 6.07) is 11.9. The zero-order chi connectivity index (χ0) is 17.1. The van der Waals surface area contributed by atoms with E-state index in [1.165, 1.54) is 6.39 Å². The summed E-state index contributed by atoms with van der Waals surface area (Å²) in [6.07, 6.45) is 1.32. The van der Waals surface area contributed by atoms with Crippen LogP contribution in [0.25, 0.3) is 11.3 Å². The molecule has 124 valence electrons. The van der Waals surface area contributed by atoms with E-state index in [1.807, 2.05) is 50.2 Å². The van der Waals surface area contributed by atoms with Crippen molar-refractivity contribution in [2.75, 3.05) is 7.05 Å². The second-order valence-corrected chi connectivity index (χ2v) is 6.03. The van der Waals surface area contributed by atoms with Gasteiger partial charge in [-0.3, -0.25) is 9.89 Å². The van der Waals surface area contributed by atoms with Crippen molar-refractivity contribution in [3.63, 3.8) is 0 Å². The number of benzene rings is 1. The Bertz CT molecular complexity index is 820. The zero-order valence-electron chi connectivity index (χ0n) is 14.0. The third kappa shape index (κ3) is 3.22. The molecule has 2 heterocycles. The number of aromatic amines is 1. The topological polar surface area (TPSA) is 75.0 Å². The summed E-state index contributed by atoms with van der Waals surface area (Å²) in [5.74, 6) is 0.557. The number of aromatic nitrogens is 3. The Labute approximate surface area is 140 Å². The molecule has 1 amide bonds. The maximum absolute atomic E-state index is 12.6. The van der Waals surface area contributed by atoms with Crippen LogP contribution in [0, 0.1) is 0 Å². The van der Waals surface area contributed by atoms with Crippen molar-refractivity contribution in [2.24, 2.45) is 0 Å². The molecule has 6 nitrogen and oxygen atoms in total. The molecule has 0 aliphatic heterocycles. The predicted molar refractivity (Wildman–Crippen MR) is 90.4 cm³/mol. The van der Waals surface area contributed by atoms with E-state index in [-0.39, 0.29) is 11.8 Å². The van der Waals surface area contributed by atoms with Crippen molar-refractivity contribution >= 4 is 5.91 Å². The minimum Gasteiger partial charge on any atom is -0.447 e. The van der Waals surface area contributed by atoms with Crippen molar-refractivity contribution in [1.29, 1.82) is 0 Å². The minimum atomic E-state index is -0.164. The van der Waals surface area contributed by atoms with Gasteiger partial charge in [0.2, 0.25) is 0 Å². The maximum Gasteiger partial charge on any atom is 0.276 e. The van der Waals surface area contributed by atoms with Gasteiger partial charge in [-0.05, 0) is 6.07 Å². The normalized spacial score (nSPS) is 11.0. The summed E-state index contributed by atoms with van der Waals surface area (Å²) in [4.78, 5) is 18.3. The number of hydrogen-bond donors (Lipinski definition) is 1. The predicted octanol–water partition coefficient (Wildman–Crippen LogP) is 3.46. The first kappa shape index (κ1) is 16.0. The summed E-state index contributed by atoms with van der Waals surface area (Å²) >= 11 is 0. The van der Waals surface area contributed by atoms with Gasteiger partial charge >= 0.3 is 0 Å². The Kier molecular flexibility index (Phi) is 4.46. The van der Waals surface area contributed by atoms with Crippen molar-refractivity contribution in [3.05, 3.63) is 59.9 Å². The maximum atomic E-state index is 12.6. The number of H-pyrrole nitrogens is 1. The van der Waals surface area contributed by atoms with Crippen LogP contribution in [0.15, 0.2) is 47.2 Å². The molecule has 0 unspecified atom stereocenters. The van der Waals surface area contributed by atoms with Gasteiger partial charge in [-0.15, -0.1) is 0 Å². The third-order valence-electron chi connectivity index (χ3n) is 3.78. The first-order valence-electron chi connectivity index (χ1n) is 7.84. The molecule has 0 saturated heterocycles. The molecule has 0 atom stereocenters. The molecule has 1 aromatic carbocycles. The molecule has 0 spiro atoms. The number of carbonyl (C=O) groups excluding carboxylic acids is 1. The summed E-state index contributed by atoms with van der Waals surface area (Å²) in [6.45, 7) is 4.36. The number of oxazole rings is 1. The molecule has 0 aliphatic rings. The largest absolute Gasteiger partial charge is 0.447 e. The van der Waals surface area contributed by atoms with Gasteiger partial charge < -0.3 is 9.32 Å².